The Balaban J connectivity index is 2.40. The van der Waals surface area contributed by atoms with Crippen molar-refractivity contribution in [2.75, 3.05) is 11.1 Å². The van der Waals surface area contributed by atoms with Gasteiger partial charge in [0.05, 0.1) is 10.7 Å². The van der Waals surface area contributed by atoms with Gasteiger partial charge in [-0.05, 0) is 12.1 Å². The van der Waals surface area contributed by atoms with Crippen LogP contribution in [0.3, 0.4) is 0 Å². The molecule has 1 aromatic carbocycles. The molecule has 18 heavy (non-hydrogen) atoms. The lowest BCUT2D eigenvalue weighted by atomic mass is 10.3. The first-order valence-corrected chi connectivity index (χ1v) is 5.56. The first-order valence-electron chi connectivity index (χ1n) is 4.80. The van der Waals surface area contributed by atoms with Crippen molar-refractivity contribution in [3.63, 3.8) is 0 Å². The molecule has 0 spiro atoms. The molecule has 0 unspecified atom stereocenters. The van der Waals surface area contributed by atoms with Crippen LogP contribution in [-0.2, 0) is 0 Å². The lowest BCUT2D eigenvalue weighted by molar-refractivity contribution is 0.586. The van der Waals surface area contributed by atoms with E-state index in [1.807, 2.05) is 0 Å². The maximum absolute atomic E-state index is 13.5. The third kappa shape index (κ3) is 2.80. The van der Waals surface area contributed by atoms with Gasteiger partial charge >= 0.3 is 0 Å². The number of nitrogens with one attached hydrogen (secondary N) is 1. The summed E-state index contributed by atoms with van der Waals surface area (Å²) >= 11 is 11.4. The topological polar surface area (TPSA) is 50.9 Å². The number of halogens is 4. The van der Waals surface area contributed by atoms with Crippen molar-refractivity contribution in [2.45, 2.75) is 0 Å². The molecule has 2 rings (SSSR count). The fourth-order valence-corrected chi connectivity index (χ4v) is 1.83. The lowest BCUT2D eigenvalue weighted by Crippen LogP contribution is -1.99. The summed E-state index contributed by atoms with van der Waals surface area (Å²) in [5, 5.41) is 2.65. The quantitative estimate of drug-likeness (QED) is 0.822. The van der Waals surface area contributed by atoms with Crippen LogP contribution < -0.4 is 11.1 Å². The molecule has 0 aliphatic carbocycles. The van der Waals surface area contributed by atoms with E-state index >= 15 is 0 Å². The van der Waals surface area contributed by atoms with E-state index < -0.39 is 11.6 Å². The number of nitrogen functional groups attached to an aromatic ring is 1. The minimum absolute atomic E-state index is 0.0905. The van der Waals surface area contributed by atoms with Crippen LogP contribution in [0.2, 0.25) is 10.2 Å². The summed E-state index contributed by atoms with van der Waals surface area (Å²) in [4.78, 5) is 3.89. The van der Waals surface area contributed by atoms with Gasteiger partial charge in [-0.3, -0.25) is 0 Å². The van der Waals surface area contributed by atoms with Gasteiger partial charge in [-0.2, -0.15) is 0 Å². The standard InChI is InChI=1S/C11H7Cl2F2N3/c12-7-1-5(14)2-8(15)11(7)18-10-4-6(16)3-9(13)17-10/h1-4H,(H3,16,17,18). The molecule has 0 bridgehead atoms. The van der Waals surface area contributed by atoms with E-state index in [1.54, 1.807) is 0 Å². The molecule has 3 N–H and O–H groups in total. The zero-order valence-electron chi connectivity index (χ0n) is 8.85. The van der Waals surface area contributed by atoms with Gasteiger partial charge in [0.15, 0.2) is 5.82 Å². The largest absolute Gasteiger partial charge is 0.399 e. The van der Waals surface area contributed by atoms with E-state index in [2.05, 4.69) is 10.3 Å². The van der Waals surface area contributed by atoms with E-state index in [1.165, 1.54) is 12.1 Å². The molecule has 2 aromatic rings. The molecule has 0 aliphatic rings. The maximum Gasteiger partial charge on any atom is 0.151 e. The number of pyridine rings is 1. The summed E-state index contributed by atoms with van der Waals surface area (Å²) in [6.45, 7) is 0. The second kappa shape index (κ2) is 4.96. The Hall–Kier alpha value is -1.59. The molecular weight excluding hydrogens is 283 g/mol. The average molecular weight is 290 g/mol. The number of nitrogens with zero attached hydrogens (tertiary/aromatic N) is 1. The van der Waals surface area contributed by atoms with Crippen LogP contribution in [0.25, 0.3) is 0 Å². The molecule has 1 heterocycles. The first kappa shape index (κ1) is 12.9. The predicted octanol–water partition coefficient (Wildman–Crippen LogP) is 3.99. The minimum Gasteiger partial charge on any atom is -0.399 e. The van der Waals surface area contributed by atoms with Crippen molar-refractivity contribution in [3.05, 3.63) is 46.1 Å². The van der Waals surface area contributed by atoms with Gasteiger partial charge in [-0.15, -0.1) is 0 Å². The van der Waals surface area contributed by atoms with Crippen LogP contribution >= 0.6 is 23.2 Å². The molecule has 0 aliphatic heterocycles. The summed E-state index contributed by atoms with van der Waals surface area (Å²) in [5.41, 5.74) is 5.83. The van der Waals surface area contributed by atoms with Crippen LogP contribution in [0.4, 0.5) is 26.0 Å². The Morgan fingerprint density at radius 3 is 2.44 bits per heavy atom. The Morgan fingerprint density at radius 1 is 1.11 bits per heavy atom. The van der Waals surface area contributed by atoms with Crippen molar-refractivity contribution < 1.29 is 8.78 Å². The lowest BCUT2D eigenvalue weighted by Gasteiger charge is -2.09. The summed E-state index contributed by atoms with van der Waals surface area (Å²) in [5.74, 6) is -1.38. The van der Waals surface area contributed by atoms with Crippen LogP contribution in [0.15, 0.2) is 24.3 Å². The fraction of sp³-hybridized carbons (Fsp3) is 0. The first-order chi connectivity index (χ1) is 8.45. The Bertz CT molecular complexity index is 562. The van der Waals surface area contributed by atoms with Crippen LogP contribution in [0.5, 0.6) is 0 Å². The number of rotatable bonds is 2. The van der Waals surface area contributed by atoms with Crippen molar-refractivity contribution in [3.8, 4) is 0 Å². The van der Waals surface area contributed by atoms with Gasteiger partial charge in [0, 0.05) is 17.8 Å². The third-order valence-corrected chi connectivity index (χ3v) is 2.57. The van der Waals surface area contributed by atoms with Crippen LogP contribution in [0, 0.1) is 11.6 Å². The van der Waals surface area contributed by atoms with Crippen molar-refractivity contribution in [1.82, 2.24) is 4.98 Å². The van der Waals surface area contributed by atoms with E-state index in [4.69, 9.17) is 28.9 Å². The van der Waals surface area contributed by atoms with Crippen LogP contribution in [0.1, 0.15) is 0 Å². The molecule has 94 valence electrons. The van der Waals surface area contributed by atoms with E-state index in [0.29, 0.717) is 11.8 Å². The minimum atomic E-state index is -0.833. The number of hydrogen-bond donors (Lipinski definition) is 2. The Morgan fingerprint density at radius 2 is 1.83 bits per heavy atom. The zero-order chi connectivity index (χ0) is 13.3. The molecule has 3 nitrogen and oxygen atoms in total. The number of aromatic nitrogens is 1. The zero-order valence-corrected chi connectivity index (χ0v) is 10.4. The molecule has 0 radical (unpaired) electrons. The highest BCUT2D eigenvalue weighted by molar-refractivity contribution is 6.33. The summed E-state index contributed by atoms with van der Waals surface area (Å²) < 4.78 is 26.4. The Labute approximate surface area is 112 Å². The molecular formula is C11H7Cl2F2N3. The SMILES string of the molecule is Nc1cc(Cl)nc(Nc2c(F)cc(F)cc2Cl)c1. The van der Waals surface area contributed by atoms with Gasteiger partial charge in [0.1, 0.15) is 16.8 Å². The highest BCUT2D eigenvalue weighted by atomic mass is 35.5. The highest BCUT2D eigenvalue weighted by Gasteiger charge is 2.11. The molecule has 0 saturated carbocycles. The van der Waals surface area contributed by atoms with Gasteiger partial charge in [-0.1, -0.05) is 23.2 Å². The molecule has 0 fully saturated rings. The summed E-state index contributed by atoms with van der Waals surface area (Å²) in [6, 6.07) is 4.59. The van der Waals surface area contributed by atoms with Crippen molar-refractivity contribution in [1.29, 1.82) is 0 Å². The fourth-order valence-electron chi connectivity index (χ4n) is 1.37. The van der Waals surface area contributed by atoms with Gasteiger partial charge in [-0.25, -0.2) is 13.8 Å². The maximum atomic E-state index is 13.5. The smallest absolute Gasteiger partial charge is 0.151 e. The molecule has 7 heteroatoms. The van der Waals surface area contributed by atoms with E-state index in [9.17, 15) is 8.78 Å². The summed E-state index contributed by atoms with van der Waals surface area (Å²) in [7, 11) is 0. The normalized spacial score (nSPS) is 10.4. The number of nitrogens with two attached hydrogens (primary N) is 1. The van der Waals surface area contributed by atoms with E-state index in [0.717, 1.165) is 6.07 Å². The van der Waals surface area contributed by atoms with Gasteiger partial charge in [0.2, 0.25) is 0 Å². The van der Waals surface area contributed by atoms with Crippen molar-refractivity contribution >= 4 is 40.4 Å². The van der Waals surface area contributed by atoms with Crippen LogP contribution in [-0.4, -0.2) is 4.98 Å². The molecule has 0 amide bonds. The number of anilines is 3. The Kier molecular flexibility index (Phi) is 3.54. The second-order valence-electron chi connectivity index (χ2n) is 3.48. The average Bonchev–Trinajstić information content (AvgIpc) is 2.22. The third-order valence-electron chi connectivity index (χ3n) is 2.08. The monoisotopic (exact) mass is 289 g/mol. The predicted molar refractivity (Wildman–Crippen MR) is 68.3 cm³/mol. The van der Waals surface area contributed by atoms with Crippen molar-refractivity contribution in [2.24, 2.45) is 0 Å². The van der Waals surface area contributed by atoms with Gasteiger partial charge < -0.3 is 11.1 Å². The molecule has 0 atom stereocenters. The van der Waals surface area contributed by atoms with E-state index in [-0.39, 0.29) is 21.7 Å². The molecule has 1 aromatic heterocycles. The summed E-state index contributed by atoms with van der Waals surface area (Å²) in [6.07, 6.45) is 0. The highest BCUT2D eigenvalue weighted by Crippen LogP contribution is 2.29. The number of benzene rings is 1. The number of hydrogen-bond acceptors (Lipinski definition) is 3. The van der Waals surface area contributed by atoms with Gasteiger partial charge in [0.25, 0.3) is 0 Å². The molecule has 0 saturated heterocycles. The second-order valence-corrected chi connectivity index (χ2v) is 4.27.